The van der Waals surface area contributed by atoms with E-state index in [4.69, 9.17) is 5.11 Å². The summed E-state index contributed by atoms with van der Waals surface area (Å²) in [6.07, 6.45) is 9.42. The van der Waals surface area contributed by atoms with Gasteiger partial charge in [0.1, 0.15) is 0 Å². The van der Waals surface area contributed by atoms with Gasteiger partial charge in [0, 0.05) is 5.25 Å². The predicted molar refractivity (Wildman–Crippen MR) is 58.6 cm³/mol. The first-order valence-electron chi connectivity index (χ1n) is 5.56. The van der Waals surface area contributed by atoms with Crippen LogP contribution >= 0.6 is 11.8 Å². The molecule has 2 nitrogen and oxygen atoms in total. The zero-order valence-corrected chi connectivity index (χ0v) is 9.31. The Morgan fingerprint density at radius 3 is 2.50 bits per heavy atom. The number of carbonyl (C=O) groups is 1. The molecule has 0 aliphatic heterocycles. The maximum absolute atomic E-state index is 10.5. The molecule has 0 aromatic rings. The van der Waals surface area contributed by atoms with E-state index in [-0.39, 0.29) is 0 Å². The van der Waals surface area contributed by atoms with E-state index in [1.807, 2.05) is 0 Å². The first kappa shape index (κ1) is 10.3. The number of carboxylic acid groups (broad SMARTS) is 1. The number of hydrogen-bond acceptors (Lipinski definition) is 2. The third-order valence-corrected chi connectivity index (χ3v) is 5.40. The maximum atomic E-state index is 10.5. The van der Waals surface area contributed by atoms with Crippen molar-refractivity contribution in [3.8, 4) is 0 Å². The Kier molecular flexibility index (Phi) is 3.05. The predicted octanol–water partition coefficient (Wildman–Crippen LogP) is 2.92. The van der Waals surface area contributed by atoms with Crippen LogP contribution in [0, 0.1) is 5.41 Å². The van der Waals surface area contributed by atoms with E-state index in [1.54, 1.807) is 11.8 Å². The highest BCUT2D eigenvalue weighted by atomic mass is 32.2. The minimum absolute atomic E-state index is 0.298. The van der Waals surface area contributed by atoms with Crippen molar-refractivity contribution < 1.29 is 9.90 Å². The lowest BCUT2D eigenvalue weighted by Gasteiger charge is -2.51. The first-order chi connectivity index (χ1) is 6.73. The Morgan fingerprint density at radius 1 is 1.29 bits per heavy atom. The van der Waals surface area contributed by atoms with Crippen molar-refractivity contribution in [3.63, 3.8) is 0 Å². The summed E-state index contributed by atoms with van der Waals surface area (Å²) in [5, 5.41) is 9.30. The molecule has 0 bridgehead atoms. The van der Waals surface area contributed by atoms with E-state index < -0.39 is 5.97 Å². The lowest BCUT2D eigenvalue weighted by molar-refractivity contribution is -0.133. The summed E-state index contributed by atoms with van der Waals surface area (Å²) < 4.78 is 0. The minimum atomic E-state index is -0.659. The summed E-state index contributed by atoms with van der Waals surface area (Å²) in [7, 11) is 0. The monoisotopic (exact) mass is 214 g/mol. The normalized spacial score (nSPS) is 29.9. The van der Waals surface area contributed by atoms with E-state index in [0.29, 0.717) is 16.4 Å². The van der Waals surface area contributed by atoms with E-state index in [9.17, 15) is 4.79 Å². The molecule has 0 aromatic heterocycles. The van der Waals surface area contributed by atoms with Crippen LogP contribution < -0.4 is 0 Å². The lowest BCUT2D eigenvalue weighted by atomic mass is 9.60. The number of carboxylic acids is 1. The lowest BCUT2D eigenvalue weighted by Crippen LogP contribution is -2.44. The van der Waals surface area contributed by atoms with Crippen LogP contribution in [-0.2, 0) is 4.79 Å². The van der Waals surface area contributed by atoms with Crippen molar-refractivity contribution in [1.82, 2.24) is 0 Å². The third kappa shape index (κ3) is 1.92. The maximum Gasteiger partial charge on any atom is 0.313 e. The number of rotatable bonds is 3. The van der Waals surface area contributed by atoms with E-state index in [1.165, 1.54) is 44.9 Å². The van der Waals surface area contributed by atoms with Crippen molar-refractivity contribution in [3.05, 3.63) is 0 Å². The Morgan fingerprint density at radius 2 is 2.00 bits per heavy atom. The third-order valence-electron chi connectivity index (χ3n) is 3.84. The molecule has 2 aliphatic rings. The molecule has 14 heavy (non-hydrogen) atoms. The molecule has 3 heteroatoms. The van der Waals surface area contributed by atoms with Gasteiger partial charge < -0.3 is 5.11 Å². The Labute approximate surface area is 89.5 Å². The second-order valence-electron chi connectivity index (χ2n) is 4.66. The summed E-state index contributed by atoms with van der Waals surface area (Å²) in [5.41, 5.74) is 0.554. The van der Waals surface area contributed by atoms with Gasteiger partial charge in [-0.3, -0.25) is 4.79 Å². The summed E-state index contributed by atoms with van der Waals surface area (Å²) in [6.45, 7) is 0. The molecule has 1 unspecified atom stereocenters. The van der Waals surface area contributed by atoms with Crippen molar-refractivity contribution >= 4 is 17.7 Å². The van der Waals surface area contributed by atoms with Crippen molar-refractivity contribution in [2.24, 2.45) is 5.41 Å². The fraction of sp³-hybridized carbons (Fsp3) is 0.909. The summed E-state index contributed by atoms with van der Waals surface area (Å²) in [6, 6.07) is 0. The minimum Gasteiger partial charge on any atom is -0.481 e. The molecule has 0 amide bonds. The van der Waals surface area contributed by atoms with Gasteiger partial charge in [-0.2, -0.15) is 0 Å². The molecule has 1 N–H and O–H groups in total. The van der Waals surface area contributed by atoms with Gasteiger partial charge in [0.05, 0.1) is 5.75 Å². The van der Waals surface area contributed by atoms with E-state index in [0.717, 1.165) is 0 Å². The molecule has 2 saturated carbocycles. The number of hydrogen-bond donors (Lipinski definition) is 1. The number of aliphatic carboxylic acids is 1. The smallest absolute Gasteiger partial charge is 0.313 e. The van der Waals surface area contributed by atoms with E-state index in [2.05, 4.69) is 0 Å². The summed E-state index contributed by atoms with van der Waals surface area (Å²) in [4.78, 5) is 10.5. The van der Waals surface area contributed by atoms with Gasteiger partial charge in [0.2, 0.25) is 0 Å². The molecule has 80 valence electrons. The molecular formula is C11H18O2S. The van der Waals surface area contributed by atoms with Gasteiger partial charge in [0.25, 0.3) is 0 Å². The first-order valence-corrected chi connectivity index (χ1v) is 6.61. The van der Waals surface area contributed by atoms with Crippen LogP contribution in [0.3, 0.4) is 0 Å². The Hall–Kier alpha value is -0.180. The molecule has 0 aromatic carbocycles. The SMILES string of the molecule is O=C(O)CSC1CCC12CCCCC2. The zero-order chi connectivity index (χ0) is 10.0. The van der Waals surface area contributed by atoms with Crippen molar-refractivity contribution in [2.75, 3.05) is 5.75 Å². The second-order valence-corrected chi connectivity index (χ2v) is 5.85. The fourth-order valence-corrected chi connectivity index (χ4v) is 4.27. The molecule has 1 atom stereocenters. The average Bonchev–Trinajstić information content (AvgIpc) is 2.17. The van der Waals surface area contributed by atoms with Gasteiger partial charge in [-0.05, 0) is 31.1 Å². The second kappa shape index (κ2) is 4.13. The molecule has 2 aliphatic carbocycles. The van der Waals surface area contributed by atoms with Crippen LogP contribution in [0.1, 0.15) is 44.9 Å². The van der Waals surface area contributed by atoms with Crippen LogP contribution in [-0.4, -0.2) is 22.1 Å². The quantitative estimate of drug-likeness (QED) is 0.785. The van der Waals surface area contributed by atoms with Gasteiger partial charge in [-0.25, -0.2) is 0 Å². The Balaban J connectivity index is 1.84. The van der Waals surface area contributed by atoms with Gasteiger partial charge in [-0.15, -0.1) is 11.8 Å². The molecule has 2 fully saturated rings. The van der Waals surface area contributed by atoms with Gasteiger partial charge in [0.15, 0.2) is 0 Å². The summed E-state index contributed by atoms with van der Waals surface area (Å²) in [5.74, 6) is -0.361. The van der Waals surface area contributed by atoms with Crippen LogP contribution in [0.25, 0.3) is 0 Å². The van der Waals surface area contributed by atoms with E-state index >= 15 is 0 Å². The molecule has 0 heterocycles. The molecular weight excluding hydrogens is 196 g/mol. The fourth-order valence-electron chi connectivity index (χ4n) is 2.93. The molecule has 0 radical (unpaired) electrons. The average molecular weight is 214 g/mol. The highest BCUT2D eigenvalue weighted by Crippen LogP contribution is 2.56. The van der Waals surface area contributed by atoms with Crippen LogP contribution in [0.5, 0.6) is 0 Å². The van der Waals surface area contributed by atoms with Crippen LogP contribution in [0.4, 0.5) is 0 Å². The highest BCUT2D eigenvalue weighted by molar-refractivity contribution is 8.00. The molecule has 1 spiro atoms. The molecule has 0 saturated heterocycles. The summed E-state index contributed by atoms with van der Waals surface area (Å²) >= 11 is 1.68. The largest absolute Gasteiger partial charge is 0.481 e. The van der Waals surface area contributed by atoms with Crippen LogP contribution in [0.15, 0.2) is 0 Å². The topological polar surface area (TPSA) is 37.3 Å². The van der Waals surface area contributed by atoms with Crippen LogP contribution in [0.2, 0.25) is 0 Å². The standard InChI is InChI=1S/C11H18O2S/c12-10(13)8-14-9-4-7-11(9)5-2-1-3-6-11/h9H,1-8H2,(H,12,13). The van der Waals surface area contributed by atoms with Gasteiger partial charge >= 0.3 is 5.97 Å². The van der Waals surface area contributed by atoms with Gasteiger partial charge in [-0.1, -0.05) is 19.3 Å². The molecule has 2 rings (SSSR count). The highest BCUT2D eigenvalue weighted by Gasteiger charge is 2.46. The Bertz CT molecular complexity index is 221. The van der Waals surface area contributed by atoms with Crippen molar-refractivity contribution in [1.29, 1.82) is 0 Å². The van der Waals surface area contributed by atoms with Crippen molar-refractivity contribution in [2.45, 2.75) is 50.2 Å². The zero-order valence-electron chi connectivity index (χ0n) is 8.50. The number of thioether (sulfide) groups is 1.